The molecular weight excluding hydrogens is 318 g/mol. The highest BCUT2D eigenvalue weighted by atomic mass is 16.2. The SMILES string of the molecule is CCN(CC)C(=O)c1ccc(N2CCN(c3ncccn3)CC2)nn1. The lowest BCUT2D eigenvalue weighted by Gasteiger charge is -2.35. The minimum absolute atomic E-state index is 0.0740. The van der Waals surface area contributed by atoms with Gasteiger partial charge in [0.15, 0.2) is 11.5 Å². The molecule has 0 atom stereocenters. The van der Waals surface area contributed by atoms with Gasteiger partial charge in [0, 0.05) is 51.7 Å². The number of carbonyl (C=O) groups excluding carboxylic acids is 1. The van der Waals surface area contributed by atoms with Crippen LogP contribution in [0.15, 0.2) is 30.6 Å². The summed E-state index contributed by atoms with van der Waals surface area (Å²) < 4.78 is 0. The number of amides is 1. The van der Waals surface area contributed by atoms with Crippen LogP contribution in [-0.4, -0.2) is 70.2 Å². The Morgan fingerprint density at radius 3 is 2.20 bits per heavy atom. The van der Waals surface area contributed by atoms with E-state index < -0.39 is 0 Å². The fourth-order valence-electron chi connectivity index (χ4n) is 2.87. The number of aromatic nitrogens is 4. The first-order valence-corrected chi connectivity index (χ1v) is 8.62. The molecule has 1 amide bonds. The van der Waals surface area contributed by atoms with E-state index in [-0.39, 0.29) is 5.91 Å². The van der Waals surface area contributed by atoms with Crippen LogP contribution in [0.1, 0.15) is 24.3 Å². The van der Waals surface area contributed by atoms with Crippen LogP contribution >= 0.6 is 0 Å². The van der Waals surface area contributed by atoms with Crippen molar-refractivity contribution in [3.8, 4) is 0 Å². The van der Waals surface area contributed by atoms with Crippen molar-refractivity contribution < 1.29 is 4.79 Å². The third-order valence-electron chi connectivity index (χ3n) is 4.36. The first-order valence-electron chi connectivity index (χ1n) is 8.62. The second kappa shape index (κ2) is 7.87. The van der Waals surface area contributed by atoms with E-state index in [0.717, 1.165) is 37.9 Å². The molecule has 0 radical (unpaired) electrons. The van der Waals surface area contributed by atoms with Crippen molar-refractivity contribution in [2.24, 2.45) is 0 Å². The number of carbonyl (C=O) groups is 1. The summed E-state index contributed by atoms with van der Waals surface area (Å²) in [6.07, 6.45) is 3.51. The van der Waals surface area contributed by atoms with E-state index in [1.165, 1.54) is 0 Å². The molecule has 2 aromatic heterocycles. The van der Waals surface area contributed by atoms with E-state index in [4.69, 9.17) is 0 Å². The number of anilines is 2. The number of hydrogen-bond donors (Lipinski definition) is 0. The lowest BCUT2D eigenvalue weighted by atomic mass is 10.3. The van der Waals surface area contributed by atoms with Crippen molar-refractivity contribution in [3.63, 3.8) is 0 Å². The second-order valence-electron chi connectivity index (χ2n) is 5.78. The Bertz CT molecular complexity index is 680. The van der Waals surface area contributed by atoms with Gasteiger partial charge in [-0.1, -0.05) is 0 Å². The van der Waals surface area contributed by atoms with Gasteiger partial charge in [-0.05, 0) is 32.0 Å². The van der Waals surface area contributed by atoms with Gasteiger partial charge in [0.05, 0.1) is 0 Å². The maximum Gasteiger partial charge on any atom is 0.274 e. The molecule has 2 aromatic rings. The van der Waals surface area contributed by atoms with Gasteiger partial charge in [-0.25, -0.2) is 9.97 Å². The Hall–Kier alpha value is -2.77. The molecule has 0 spiro atoms. The van der Waals surface area contributed by atoms with Crippen LogP contribution in [-0.2, 0) is 0 Å². The fraction of sp³-hybridized carbons (Fsp3) is 0.471. The summed E-state index contributed by atoms with van der Waals surface area (Å²) in [6, 6.07) is 5.45. The highest BCUT2D eigenvalue weighted by molar-refractivity contribution is 5.92. The Labute approximate surface area is 147 Å². The molecule has 1 saturated heterocycles. The molecule has 1 aliphatic heterocycles. The molecule has 8 nitrogen and oxygen atoms in total. The molecule has 8 heteroatoms. The first kappa shape index (κ1) is 17.1. The largest absolute Gasteiger partial charge is 0.352 e. The summed E-state index contributed by atoms with van der Waals surface area (Å²) in [5, 5.41) is 8.38. The summed E-state index contributed by atoms with van der Waals surface area (Å²) in [4.78, 5) is 26.9. The molecule has 1 aliphatic rings. The zero-order valence-electron chi connectivity index (χ0n) is 14.7. The van der Waals surface area contributed by atoms with E-state index in [0.29, 0.717) is 18.8 Å². The van der Waals surface area contributed by atoms with Gasteiger partial charge in [0.2, 0.25) is 5.95 Å². The number of nitrogens with zero attached hydrogens (tertiary/aromatic N) is 7. The second-order valence-corrected chi connectivity index (χ2v) is 5.78. The average Bonchev–Trinajstić information content (AvgIpc) is 2.70. The first-order chi connectivity index (χ1) is 12.2. The highest BCUT2D eigenvalue weighted by Gasteiger charge is 2.21. The molecule has 0 unspecified atom stereocenters. The Balaban J connectivity index is 1.61. The third-order valence-corrected chi connectivity index (χ3v) is 4.36. The van der Waals surface area contributed by atoms with Gasteiger partial charge >= 0.3 is 0 Å². The van der Waals surface area contributed by atoms with E-state index in [9.17, 15) is 4.79 Å². The van der Waals surface area contributed by atoms with Crippen molar-refractivity contribution in [1.29, 1.82) is 0 Å². The van der Waals surface area contributed by atoms with Gasteiger partial charge in [-0.2, -0.15) is 0 Å². The highest BCUT2D eigenvalue weighted by Crippen LogP contribution is 2.15. The summed E-state index contributed by atoms with van der Waals surface area (Å²) in [5.41, 5.74) is 0.392. The minimum Gasteiger partial charge on any atom is -0.352 e. The standard InChI is InChI=1S/C17H23N7O/c1-3-22(4-2)16(25)14-6-7-15(21-20-14)23-10-12-24(13-11-23)17-18-8-5-9-19-17/h5-9H,3-4,10-13H2,1-2H3. The molecule has 0 aliphatic carbocycles. The van der Waals surface area contributed by atoms with Crippen LogP contribution in [0.2, 0.25) is 0 Å². The number of piperazine rings is 1. The lowest BCUT2D eigenvalue weighted by Crippen LogP contribution is -2.47. The van der Waals surface area contributed by atoms with Crippen molar-refractivity contribution in [2.75, 3.05) is 49.1 Å². The zero-order valence-corrected chi connectivity index (χ0v) is 14.7. The van der Waals surface area contributed by atoms with E-state index in [2.05, 4.69) is 30.0 Å². The van der Waals surface area contributed by atoms with E-state index in [1.54, 1.807) is 23.4 Å². The Morgan fingerprint density at radius 1 is 1.00 bits per heavy atom. The van der Waals surface area contributed by atoms with E-state index >= 15 is 0 Å². The van der Waals surface area contributed by atoms with Crippen molar-refractivity contribution in [1.82, 2.24) is 25.1 Å². The molecular formula is C17H23N7O. The quantitative estimate of drug-likeness (QED) is 0.805. The predicted octanol–water partition coefficient (Wildman–Crippen LogP) is 1.08. The molecule has 1 fully saturated rings. The number of hydrogen-bond acceptors (Lipinski definition) is 7. The van der Waals surface area contributed by atoms with Crippen LogP contribution < -0.4 is 9.80 Å². The van der Waals surface area contributed by atoms with Gasteiger partial charge < -0.3 is 14.7 Å². The molecule has 3 rings (SSSR count). The smallest absolute Gasteiger partial charge is 0.274 e. The predicted molar refractivity (Wildman–Crippen MR) is 95.7 cm³/mol. The normalized spacial score (nSPS) is 14.5. The molecule has 0 saturated carbocycles. The Kier molecular flexibility index (Phi) is 5.37. The van der Waals surface area contributed by atoms with Gasteiger partial charge in [0.25, 0.3) is 5.91 Å². The monoisotopic (exact) mass is 341 g/mol. The molecule has 0 N–H and O–H groups in total. The van der Waals surface area contributed by atoms with Gasteiger partial charge in [-0.3, -0.25) is 4.79 Å². The van der Waals surface area contributed by atoms with Crippen LogP contribution in [0.4, 0.5) is 11.8 Å². The van der Waals surface area contributed by atoms with Crippen LogP contribution in [0.25, 0.3) is 0 Å². The average molecular weight is 341 g/mol. The summed E-state index contributed by atoms with van der Waals surface area (Å²) in [7, 11) is 0. The molecule has 132 valence electrons. The maximum absolute atomic E-state index is 12.3. The van der Waals surface area contributed by atoms with Gasteiger partial charge in [0.1, 0.15) is 0 Å². The van der Waals surface area contributed by atoms with Crippen LogP contribution in [0.5, 0.6) is 0 Å². The van der Waals surface area contributed by atoms with Crippen LogP contribution in [0.3, 0.4) is 0 Å². The van der Waals surface area contributed by atoms with Crippen molar-refractivity contribution in [2.45, 2.75) is 13.8 Å². The van der Waals surface area contributed by atoms with E-state index in [1.807, 2.05) is 26.0 Å². The third kappa shape index (κ3) is 3.84. The lowest BCUT2D eigenvalue weighted by molar-refractivity contribution is 0.0766. The summed E-state index contributed by atoms with van der Waals surface area (Å²) >= 11 is 0. The van der Waals surface area contributed by atoms with Crippen molar-refractivity contribution >= 4 is 17.7 Å². The number of rotatable bonds is 5. The van der Waals surface area contributed by atoms with Gasteiger partial charge in [-0.15, -0.1) is 10.2 Å². The minimum atomic E-state index is -0.0740. The van der Waals surface area contributed by atoms with Crippen molar-refractivity contribution in [3.05, 3.63) is 36.3 Å². The van der Waals surface area contributed by atoms with Crippen LogP contribution in [0, 0.1) is 0 Å². The zero-order chi connectivity index (χ0) is 17.6. The molecule has 25 heavy (non-hydrogen) atoms. The fourth-order valence-corrected chi connectivity index (χ4v) is 2.87. The molecule has 0 bridgehead atoms. The molecule has 3 heterocycles. The maximum atomic E-state index is 12.3. The topological polar surface area (TPSA) is 78.4 Å². The molecule has 0 aromatic carbocycles. The Morgan fingerprint density at radius 2 is 1.64 bits per heavy atom. The summed E-state index contributed by atoms with van der Waals surface area (Å²) in [6.45, 7) is 8.53. The summed E-state index contributed by atoms with van der Waals surface area (Å²) in [5.74, 6) is 1.48.